The van der Waals surface area contributed by atoms with Gasteiger partial charge in [0.05, 0.1) is 0 Å². The molecule has 0 radical (unpaired) electrons. The second-order valence-corrected chi connectivity index (χ2v) is 4.24. The van der Waals surface area contributed by atoms with E-state index in [1.807, 2.05) is 18.2 Å². The van der Waals surface area contributed by atoms with Crippen LogP contribution >= 0.6 is 0 Å². The van der Waals surface area contributed by atoms with Gasteiger partial charge >= 0.3 is 0 Å². The second kappa shape index (κ2) is 7.85. The highest BCUT2D eigenvalue weighted by atomic mass is 16.1. The van der Waals surface area contributed by atoms with Crippen LogP contribution < -0.4 is 11.1 Å². The number of carbonyl (C=O) groups is 1. The van der Waals surface area contributed by atoms with Crippen LogP contribution in [0.5, 0.6) is 0 Å². The smallest absolute Gasteiger partial charge is 0.224 e. The fourth-order valence-electron chi connectivity index (χ4n) is 1.67. The van der Waals surface area contributed by atoms with Gasteiger partial charge in [0.2, 0.25) is 5.91 Å². The van der Waals surface area contributed by atoms with Crippen LogP contribution in [0.25, 0.3) is 0 Å². The van der Waals surface area contributed by atoms with Crippen molar-refractivity contribution in [1.29, 1.82) is 0 Å². The average molecular weight is 234 g/mol. The molecule has 1 aromatic rings. The van der Waals surface area contributed by atoms with E-state index >= 15 is 0 Å². The van der Waals surface area contributed by atoms with Crippen molar-refractivity contribution >= 4 is 11.6 Å². The molecule has 0 saturated carbocycles. The summed E-state index contributed by atoms with van der Waals surface area (Å²) in [4.78, 5) is 11.6. The molecule has 94 valence electrons. The summed E-state index contributed by atoms with van der Waals surface area (Å²) in [6, 6.07) is 7.99. The van der Waals surface area contributed by atoms with Gasteiger partial charge in [0, 0.05) is 12.1 Å². The average Bonchev–Trinajstić information content (AvgIpc) is 2.34. The van der Waals surface area contributed by atoms with Crippen LogP contribution in [-0.2, 0) is 11.2 Å². The van der Waals surface area contributed by atoms with E-state index in [1.54, 1.807) is 0 Å². The van der Waals surface area contributed by atoms with Crippen LogP contribution in [0.2, 0.25) is 0 Å². The molecule has 1 amide bonds. The fraction of sp³-hybridized carbons (Fsp3) is 0.500. The number of anilines is 1. The van der Waals surface area contributed by atoms with Gasteiger partial charge in [0.1, 0.15) is 0 Å². The summed E-state index contributed by atoms with van der Waals surface area (Å²) < 4.78 is 0. The third-order valence-corrected chi connectivity index (χ3v) is 2.64. The van der Waals surface area contributed by atoms with Gasteiger partial charge in [-0.1, -0.05) is 25.5 Å². The van der Waals surface area contributed by atoms with Gasteiger partial charge in [-0.15, -0.1) is 0 Å². The summed E-state index contributed by atoms with van der Waals surface area (Å²) in [5.41, 5.74) is 7.60. The zero-order valence-electron chi connectivity index (χ0n) is 10.5. The topological polar surface area (TPSA) is 55.1 Å². The molecular weight excluding hydrogens is 212 g/mol. The first-order valence-electron chi connectivity index (χ1n) is 6.35. The lowest BCUT2D eigenvalue weighted by molar-refractivity contribution is -0.116. The number of benzene rings is 1. The van der Waals surface area contributed by atoms with Gasteiger partial charge in [0.15, 0.2) is 0 Å². The number of nitrogens with two attached hydrogens (primary N) is 1. The monoisotopic (exact) mass is 234 g/mol. The number of nitrogens with one attached hydrogen (secondary N) is 1. The van der Waals surface area contributed by atoms with Crippen molar-refractivity contribution in [3.8, 4) is 0 Å². The molecule has 0 bridgehead atoms. The maximum Gasteiger partial charge on any atom is 0.224 e. The lowest BCUT2D eigenvalue weighted by atomic mass is 10.1. The Morgan fingerprint density at radius 1 is 1.35 bits per heavy atom. The van der Waals surface area contributed by atoms with Gasteiger partial charge in [-0.25, -0.2) is 0 Å². The number of hydrogen-bond acceptors (Lipinski definition) is 2. The Balaban J connectivity index is 2.50. The molecule has 0 aliphatic carbocycles. The van der Waals surface area contributed by atoms with Crippen molar-refractivity contribution in [2.45, 2.75) is 39.0 Å². The number of amides is 1. The van der Waals surface area contributed by atoms with Gasteiger partial charge in [0.25, 0.3) is 0 Å². The van der Waals surface area contributed by atoms with Crippen LogP contribution in [0.1, 0.15) is 38.2 Å². The van der Waals surface area contributed by atoms with Gasteiger partial charge < -0.3 is 11.1 Å². The van der Waals surface area contributed by atoms with Gasteiger partial charge in [-0.3, -0.25) is 4.79 Å². The maximum absolute atomic E-state index is 11.6. The normalized spacial score (nSPS) is 10.2. The van der Waals surface area contributed by atoms with E-state index < -0.39 is 0 Å². The third-order valence-electron chi connectivity index (χ3n) is 2.64. The Morgan fingerprint density at radius 2 is 2.18 bits per heavy atom. The zero-order chi connectivity index (χ0) is 12.5. The molecule has 0 unspecified atom stereocenters. The highest BCUT2D eigenvalue weighted by Gasteiger charge is 2.02. The van der Waals surface area contributed by atoms with Crippen LogP contribution in [0, 0.1) is 0 Å². The molecule has 17 heavy (non-hydrogen) atoms. The summed E-state index contributed by atoms with van der Waals surface area (Å²) >= 11 is 0. The second-order valence-electron chi connectivity index (χ2n) is 4.24. The standard InChI is InChI=1S/C14H22N2O/c1-2-3-9-14(17)16-13-8-4-6-12(11-13)7-5-10-15/h4,6,8,11H,2-3,5,7,9-10,15H2,1H3,(H,16,17). The van der Waals surface area contributed by atoms with Crippen molar-refractivity contribution in [2.24, 2.45) is 5.73 Å². The molecule has 0 spiro atoms. The molecule has 0 aliphatic rings. The summed E-state index contributed by atoms with van der Waals surface area (Å²) in [5, 5.41) is 2.92. The number of aryl methyl sites for hydroxylation is 1. The highest BCUT2D eigenvalue weighted by molar-refractivity contribution is 5.90. The minimum absolute atomic E-state index is 0.0998. The predicted octanol–water partition coefficient (Wildman–Crippen LogP) is 2.71. The summed E-state index contributed by atoms with van der Waals surface area (Å²) in [6.07, 6.45) is 4.54. The Hall–Kier alpha value is -1.35. The van der Waals surface area contributed by atoms with E-state index in [4.69, 9.17) is 5.73 Å². The van der Waals surface area contributed by atoms with Crippen molar-refractivity contribution < 1.29 is 4.79 Å². The highest BCUT2D eigenvalue weighted by Crippen LogP contribution is 2.12. The number of hydrogen-bond donors (Lipinski definition) is 2. The Bertz CT molecular complexity index is 350. The van der Waals surface area contributed by atoms with E-state index in [9.17, 15) is 4.79 Å². The summed E-state index contributed by atoms with van der Waals surface area (Å²) in [6.45, 7) is 2.79. The van der Waals surface area contributed by atoms with E-state index in [-0.39, 0.29) is 5.91 Å². The minimum atomic E-state index is 0.0998. The lowest BCUT2D eigenvalue weighted by Gasteiger charge is -2.07. The van der Waals surface area contributed by atoms with Crippen molar-refractivity contribution in [2.75, 3.05) is 11.9 Å². The fourth-order valence-corrected chi connectivity index (χ4v) is 1.67. The molecule has 0 saturated heterocycles. The van der Waals surface area contributed by atoms with Gasteiger partial charge in [-0.05, 0) is 43.5 Å². The van der Waals surface area contributed by atoms with E-state index in [2.05, 4.69) is 18.3 Å². The van der Waals surface area contributed by atoms with Crippen molar-refractivity contribution in [3.05, 3.63) is 29.8 Å². The molecule has 1 aromatic carbocycles. The van der Waals surface area contributed by atoms with E-state index in [1.165, 1.54) is 5.56 Å². The molecule has 3 N–H and O–H groups in total. The first-order valence-corrected chi connectivity index (χ1v) is 6.35. The SMILES string of the molecule is CCCCC(=O)Nc1cccc(CCCN)c1. The molecule has 0 fully saturated rings. The van der Waals surface area contributed by atoms with Crippen LogP contribution in [-0.4, -0.2) is 12.5 Å². The number of carbonyl (C=O) groups excluding carboxylic acids is 1. The van der Waals surface area contributed by atoms with Crippen molar-refractivity contribution in [3.63, 3.8) is 0 Å². The summed E-state index contributed by atoms with van der Waals surface area (Å²) in [5.74, 6) is 0.0998. The van der Waals surface area contributed by atoms with Crippen LogP contribution in [0.15, 0.2) is 24.3 Å². The lowest BCUT2D eigenvalue weighted by Crippen LogP contribution is -2.11. The van der Waals surface area contributed by atoms with E-state index in [0.717, 1.165) is 31.4 Å². The molecular formula is C14H22N2O. The van der Waals surface area contributed by atoms with E-state index in [0.29, 0.717) is 13.0 Å². The molecule has 0 aliphatic heterocycles. The Morgan fingerprint density at radius 3 is 2.88 bits per heavy atom. The largest absolute Gasteiger partial charge is 0.330 e. The molecule has 0 aromatic heterocycles. The molecule has 3 heteroatoms. The number of unbranched alkanes of at least 4 members (excludes halogenated alkanes) is 1. The minimum Gasteiger partial charge on any atom is -0.330 e. The van der Waals surface area contributed by atoms with Crippen LogP contribution in [0.3, 0.4) is 0 Å². The molecule has 3 nitrogen and oxygen atoms in total. The first-order chi connectivity index (χ1) is 8.26. The maximum atomic E-state index is 11.6. The quantitative estimate of drug-likeness (QED) is 0.762. The predicted molar refractivity (Wildman–Crippen MR) is 72.0 cm³/mol. The third kappa shape index (κ3) is 5.50. The Kier molecular flexibility index (Phi) is 6.33. The first kappa shape index (κ1) is 13.7. The van der Waals surface area contributed by atoms with Gasteiger partial charge in [-0.2, -0.15) is 0 Å². The molecule has 0 atom stereocenters. The molecule has 1 rings (SSSR count). The molecule has 0 heterocycles. The summed E-state index contributed by atoms with van der Waals surface area (Å²) in [7, 11) is 0. The Labute approximate surface area is 103 Å². The zero-order valence-corrected chi connectivity index (χ0v) is 10.5. The number of rotatable bonds is 7. The van der Waals surface area contributed by atoms with Crippen LogP contribution in [0.4, 0.5) is 5.69 Å². The van der Waals surface area contributed by atoms with Crippen molar-refractivity contribution in [1.82, 2.24) is 0 Å².